The molecule has 1 N–H and O–H groups in total. The molecule has 0 aromatic carbocycles. The summed E-state index contributed by atoms with van der Waals surface area (Å²) in [7, 11) is 0. The van der Waals surface area contributed by atoms with Gasteiger partial charge in [0.2, 0.25) is 0 Å². The molecule has 2 unspecified atom stereocenters. The van der Waals surface area contributed by atoms with Crippen LogP contribution in [-0.2, 0) is 4.74 Å². The molecular weight excluding hydrogens is 258 g/mol. The third-order valence-electron chi connectivity index (χ3n) is 7.19. The molecule has 0 amide bonds. The Bertz CT molecular complexity index is 367. The molecule has 0 aromatic rings. The lowest BCUT2D eigenvalue weighted by Gasteiger charge is -2.59. The summed E-state index contributed by atoms with van der Waals surface area (Å²) in [5.74, 6) is 3.19. The number of rotatable bonds is 3. The summed E-state index contributed by atoms with van der Waals surface area (Å²) < 4.78 is 5.89. The van der Waals surface area contributed by atoms with Gasteiger partial charge in [0.1, 0.15) is 0 Å². The van der Waals surface area contributed by atoms with E-state index in [1.807, 2.05) is 0 Å². The fourth-order valence-corrected chi connectivity index (χ4v) is 6.61. The second-order valence-electron chi connectivity index (χ2n) is 9.47. The van der Waals surface area contributed by atoms with Crippen LogP contribution >= 0.6 is 0 Å². The van der Waals surface area contributed by atoms with Gasteiger partial charge in [-0.2, -0.15) is 0 Å². The second kappa shape index (κ2) is 4.96. The average molecular weight is 291 g/mol. The fraction of sp³-hybridized carbons (Fsp3) is 1.00. The Labute approximate surface area is 130 Å². The van der Waals surface area contributed by atoms with Crippen molar-refractivity contribution < 1.29 is 4.74 Å². The van der Waals surface area contributed by atoms with Gasteiger partial charge in [0, 0.05) is 18.7 Å². The van der Waals surface area contributed by atoms with E-state index in [4.69, 9.17) is 4.74 Å². The van der Waals surface area contributed by atoms with Crippen LogP contribution in [0.1, 0.15) is 72.1 Å². The fourth-order valence-electron chi connectivity index (χ4n) is 6.61. The average Bonchev–Trinajstić information content (AvgIpc) is 2.35. The highest BCUT2D eigenvalue weighted by Crippen LogP contribution is 2.61. The number of hydrogen-bond acceptors (Lipinski definition) is 2. The van der Waals surface area contributed by atoms with Crippen molar-refractivity contribution in [3.63, 3.8) is 0 Å². The van der Waals surface area contributed by atoms with Gasteiger partial charge >= 0.3 is 0 Å². The summed E-state index contributed by atoms with van der Waals surface area (Å²) in [6.07, 6.45) is 11.6. The van der Waals surface area contributed by atoms with Gasteiger partial charge in [-0.3, -0.25) is 0 Å². The van der Waals surface area contributed by atoms with E-state index in [2.05, 4.69) is 26.1 Å². The standard InChI is InChI=1S/C19H33NO/c1-13(20-17-4-5-21-18(2,3)12-17)19-9-14-6-15(10-19)8-16(7-14)11-19/h13-17,20H,4-12H2,1-3H3. The SMILES string of the molecule is CC(NC1CCOC(C)(C)C1)C12CC3CC(CC(C3)C1)C2. The van der Waals surface area contributed by atoms with Crippen LogP contribution in [0.2, 0.25) is 0 Å². The van der Waals surface area contributed by atoms with Crippen LogP contribution in [0.4, 0.5) is 0 Å². The smallest absolute Gasteiger partial charge is 0.0641 e. The highest BCUT2D eigenvalue weighted by atomic mass is 16.5. The van der Waals surface area contributed by atoms with Crippen molar-refractivity contribution >= 4 is 0 Å². The van der Waals surface area contributed by atoms with E-state index in [0.717, 1.165) is 24.4 Å². The van der Waals surface area contributed by atoms with Crippen molar-refractivity contribution in [3.05, 3.63) is 0 Å². The maximum atomic E-state index is 5.89. The quantitative estimate of drug-likeness (QED) is 0.844. The molecule has 2 nitrogen and oxygen atoms in total. The van der Waals surface area contributed by atoms with Crippen LogP contribution in [-0.4, -0.2) is 24.3 Å². The molecule has 5 fully saturated rings. The second-order valence-corrected chi connectivity index (χ2v) is 9.47. The molecule has 1 heterocycles. The first kappa shape index (κ1) is 14.5. The molecule has 5 aliphatic rings. The largest absolute Gasteiger partial charge is 0.375 e. The van der Waals surface area contributed by atoms with Crippen LogP contribution < -0.4 is 5.32 Å². The van der Waals surface area contributed by atoms with Gasteiger partial charge in [-0.25, -0.2) is 0 Å². The number of ether oxygens (including phenoxy) is 1. The van der Waals surface area contributed by atoms with Crippen molar-refractivity contribution in [3.8, 4) is 0 Å². The molecule has 0 aromatic heterocycles. The predicted octanol–water partition coefficient (Wildman–Crippen LogP) is 4.14. The first-order valence-corrected chi connectivity index (χ1v) is 9.34. The summed E-state index contributed by atoms with van der Waals surface area (Å²) in [4.78, 5) is 0. The molecular formula is C19H33NO. The van der Waals surface area contributed by atoms with E-state index < -0.39 is 0 Å². The monoisotopic (exact) mass is 291 g/mol. The minimum Gasteiger partial charge on any atom is -0.375 e. The zero-order valence-electron chi connectivity index (χ0n) is 14.2. The highest BCUT2D eigenvalue weighted by Gasteiger charge is 2.53. The minimum absolute atomic E-state index is 0.0666. The van der Waals surface area contributed by atoms with Crippen LogP contribution in [0.3, 0.4) is 0 Å². The molecule has 4 aliphatic carbocycles. The topological polar surface area (TPSA) is 21.3 Å². The minimum atomic E-state index is 0.0666. The molecule has 5 rings (SSSR count). The summed E-state index contributed by atoms with van der Waals surface area (Å²) >= 11 is 0. The van der Waals surface area contributed by atoms with E-state index in [0.29, 0.717) is 17.5 Å². The Morgan fingerprint density at radius 2 is 1.52 bits per heavy atom. The van der Waals surface area contributed by atoms with Gasteiger partial charge in [-0.15, -0.1) is 0 Å². The third kappa shape index (κ3) is 2.67. The Morgan fingerprint density at radius 1 is 0.952 bits per heavy atom. The highest BCUT2D eigenvalue weighted by molar-refractivity contribution is 5.05. The lowest BCUT2D eigenvalue weighted by molar-refractivity contribution is -0.0878. The molecule has 0 radical (unpaired) electrons. The van der Waals surface area contributed by atoms with E-state index in [1.54, 1.807) is 19.3 Å². The molecule has 1 aliphatic heterocycles. The summed E-state index contributed by atoms with van der Waals surface area (Å²) in [5.41, 5.74) is 0.703. The predicted molar refractivity (Wildman–Crippen MR) is 86.3 cm³/mol. The van der Waals surface area contributed by atoms with Gasteiger partial charge < -0.3 is 10.1 Å². The number of nitrogens with one attached hydrogen (secondary N) is 1. The maximum Gasteiger partial charge on any atom is 0.0641 e. The van der Waals surface area contributed by atoms with E-state index >= 15 is 0 Å². The maximum absolute atomic E-state index is 5.89. The zero-order valence-corrected chi connectivity index (χ0v) is 14.2. The molecule has 1 saturated heterocycles. The molecule has 2 heteroatoms. The molecule has 0 spiro atoms. The van der Waals surface area contributed by atoms with E-state index in [-0.39, 0.29) is 5.60 Å². The van der Waals surface area contributed by atoms with Gasteiger partial charge in [0.15, 0.2) is 0 Å². The van der Waals surface area contributed by atoms with Crippen LogP contribution in [0.15, 0.2) is 0 Å². The molecule has 4 saturated carbocycles. The molecule has 21 heavy (non-hydrogen) atoms. The van der Waals surface area contributed by atoms with Crippen molar-refractivity contribution in [2.24, 2.45) is 23.2 Å². The first-order chi connectivity index (χ1) is 9.94. The van der Waals surface area contributed by atoms with Crippen molar-refractivity contribution in [1.29, 1.82) is 0 Å². The molecule has 120 valence electrons. The van der Waals surface area contributed by atoms with E-state index in [1.165, 1.54) is 32.1 Å². The van der Waals surface area contributed by atoms with Crippen molar-refractivity contribution in [2.45, 2.75) is 89.8 Å². The first-order valence-electron chi connectivity index (χ1n) is 9.34. The number of hydrogen-bond donors (Lipinski definition) is 1. The Hall–Kier alpha value is -0.0800. The summed E-state index contributed by atoms with van der Waals surface area (Å²) in [6, 6.07) is 1.36. The Kier molecular flexibility index (Phi) is 3.43. The molecule has 4 bridgehead atoms. The summed E-state index contributed by atoms with van der Waals surface area (Å²) in [5, 5.41) is 4.05. The van der Waals surface area contributed by atoms with Crippen LogP contribution in [0.5, 0.6) is 0 Å². The lowest BCUT2D eigenvalue weighted by atomic mass is 9.48. The molecule has 2 atom stereocenters. The van der Waals surface area contributed by atoms with Crippen molar-refractivity contribution in [2.75, 3.05) is 6.61 Å². The summed E-state index contributed by atoms with van der Waals surface area (Å²) in [6.45, 7) is 7.92. The van der Waals surface area contributed by atoms with Gasteiger partial charge in [-0.05, 0) is 95.3 Å². The van der Waals surface area contributed by atoms with E-state index in [9.17, 15) is 0 Å². The van der Waals surface area contributed by atoms with Crippen LogP contribution in [0.25, 0.3) is 0 Å². The van der Waals surface area contributed by atoms with Crippen molar-refractivity contribution in [1.82, 2.24) is 5.32 Å². The zero-order chi connectivity index (χ0) is 14.7. The van der Waals surface area contributed by atoms with Gasteiger partial charge in [0.05, 0.1) is 5.60 Å². The van der Waals surface area contributed by atoms with Crippen LogP contribution in [0, 0.1) is 23.2 Å². The third-order valence-corrected chi connectivity index (χ3v) is 7.19. The lowest BCUT2D eigenvalue weighted by Crippen LogP contribution is -2.57. The van der Waals surface area contributed by atoms with Gasteiger partial charge in [0.25, 0.3) is 0 Å². The normalized spacial score (nSPS) is 49.3. The Morgan fingerprint density at radius 3 is 2.05 bits per heavy atom. The Balaban J connectivity index is 1.44. The van der Waals surface area contributed by atoms with Gasteiger partial charge in [-0.1, -0.05) is 0 Å².